The van der Waals surface area contributed by atoms with Crippen molar-refractivity contribution in [3.05, 3.63) is 66.0 Å². The molecule has 0 aromatic heterocycles. The zero-order valence-corrected chi connectivity index (χ0v) is 22.1. The van der Waals surface area contributed by atoms with E-state index in [-0.39, 0.29) is 48.3 Å². The molecule has 0 spiro atoms. The zero-order chi connectivity index (χ0) is 26.3. The number of sulfonamides is 1. The van der Waals surface area contributed by atoms with Gasteiger partial charge in [0.05, 0.1) is 11.4 Å². The highest BCUT2D eigenvalue weighted by Crippen LogP contribution is 2.23. The minimum absolute atomic E-state index is 0.0829. The lowest BCUT2D eigenvalue weighted by Gasteiger charge is -2.40. The van der Waals surface area contributed by atoms with Crippen LogP contribution < -0.4 is 0 Å². The van der Waals surface area contributed by atoms with Gasteiger partial charge in [0.25, 0.3) is 0 Å². The van der Waals surface area contributed by atoms with E-state index >= 15 is 0 Å². The normalized spacial score (nSPS) is 14.9. The van der Waals surface area contributed by atoms with Gasteiger partial charge in [-0.3, -0.25) is 9.59 Å². The van der Waals surface area contributed by atoms with Crippen LogP contribution in [-0.2, 0) is 26.2 Å². The Bertz CT molecular complexity index is 1130. The lowest BCUT2D eigenvalue weighted by Crippen LogP contribution is -2.51. The van der Waals surface area contributed by atoms with Gasteiger partial charge in [-0.1, -0.05) is 51.1 Å². The summed E-state index contributed by atoms with van der Waals surface area (Å²) in [5.41, 5.74) is 0.636. The fourth-order valence-electron chi connectivity index (χ4n) is 4.53. The molecule has 7 nitrogen and oxygen atoms in total. The molecule has 0 N–H and O–H groups in total. The lowest BCUT2D eigenvalue weighted by molar-refractivity contribution is -0.139. The van der Waals surface area contributed by atoms with Crippen LogP contribution in [0.2, 0.25) is 0 Å². The summed E-state index contributed by atoms with van der Waals surface area (Å²) in [6, 6.07) is 14.0. The fourth-order valence-corrected chi connectivity index (χ4v) is 6.04. The fraction of sp³-hybridized carbons (Fsp3) is 0.481. The third kappa shape index (κ3) is 6.91. The van der Waals surface area contributed by atoms with E-state index in [2.05, 4.69) is 0 Å². The number of benzene rings is 2. The first-order valence-electron chi connectivity index (χ1n) is 12.5. The molecule has 3 rings (SSSR count). The third-order valence-corrected chi connectivity index (χ3v) is 8.30. The van der Waals surface area contributed by atoms with Crippen molar-refractivity contribution in [2.75, 3.05) is 26.2 Å². The topological polar surface area (TPSA) is 78.0 Å². The molecular weight excluding hydrogens is 481 g/mol. The van der Waals surface area contributed by atoms with Gasteiger partial charge in [-0.2, -0.15) is 4.31 Å². The molecule has 0 atom stereocenters. The molecule has 1 saturated heterocycles. The first kappa shape index (κ1) is 27.8. The summed E-state index contributed by atoms with van der Waals surface area (Å²) in [5.74, 6) is -0.741. The summed E-state index contributed by atoms with van der Waals surface area (Å²) >= 11 is 0. The number of amides is 2. The van der Waals surface area contributed by atoms with E-state index in [1.807, 2.05) is 25.7 Å². The molecule has 1 fully saturated rings. The van der Waals surface area contributed by atoms with E-state index in [1.165, 1.54) is 28.6 Å². The predicted octanol–water partition coefficient (Wildman–Crippen LogP) is 3.90. The molecule has 0 radical (unpaired) electrons. The summed E-state index contributed by atoms with van der Waals surface area (Å²) in [7, 11) is -3.86. The van der Waals surface area contributed by atoms with E-state index in [1.54, 1.807) is 35.2 Å². The molecular formula is C27H36FN3O4S. The first-order valence-corrected chi connectivity index (χ1v) is 14.0. The molecule has 2 aromatic rings. The third-order valence-electron chi connectivity index (χ3n) is 6.44. The van der Waals surface area contributed by atoms with Crippen molar-refractivity contribution in [3.8, 4) is 0 Å². The second-order valence-electron chi connectivity index (χ2n) is 9.51. The predicted molar refractivity (Wildman–Crippen MR) is 137 cm³/mol. The van der Waals surface area contributed by atoms with Crippen LogP contribution in [0.1, 0.15) is 45.6 Å². The number of carbonyl (C=O) groups excluding carboxylic acids is 2. The van der Waals surface area contributed by atoms with E-state index < -0.39 is 15.8 Å². The zero-order valence-electron chi connectivity index (χ0n) is 21.3. The summed E-state index contributed by atoms with van der Waals surface area (Å²) in [5, 5.41) is 0. The molecule has 196 valence electrons. The number of halogens is 1. The Morgan fingerprint density at radius 1 is 1.06 bits per heavy atom. The highest BCUT2D eigenvalue weighted by molar-refractivity contribution is 7.89. The van der Waals surface area contributed by atoms with Gasteiger partial charge < -0.3 is 9.80 Å². The van der Waals surface area contributed by atoms with Gasteiger partial charge in [-0.25, -0.2) is 12.8 Å². The molecule has 2 amide bonds. The Morgan fingerprint density at radius 3 is 2.31 bits per heavy atom. The van der Waals surface area contributed by atoms with Crippen LogP contribution in [0.15, 0.2) is 59.5 Å². The Kier molecular flexibility index (Phi) is 9.62. The van der Waals surface area contributed by atoms with Crippen LogP contribution in [0.5, 0.6) is 0 Å². The van der Waals surface area contributed by atoms with Crippen molar-refractivity contribution in [2.24, 2.45) is 5.92 Å². The van der Waals surface area contributed by atoms with E-state index in [4.69, 9.17) is 0 Å². The summed E-state index contributed by atoms with van der Waals surface area (Å²) in [4.78, 5) is 29.7. The van der Waals surface area contributed by atoms with Gasteiger partial charge >= 0.3 is 0 Å². The smallest absolute Gasteiger partial charge is 0.243 e. The van der Waals surface area contributed by atoms with Gasteiger partial charge in [0, 0.05) is 38.1 Å². The van der Waals surface area contributed by atoms with E-state index in [9.17, 15) is 22.4 Å². The van der Waals surface area contributed by atoms with Crippen molar-refractivity contribution >= 4 is 21.8 Å². The van der Waals surface area contributed by atoms with Crippen LogP contribution in [0.25, 0.3) is 0 Å². The minimum atomic E-state index is -3.86. The molecule has 0 saturated carbocycles. The maximum absolute atomic E-state index is 13.9. The Hall–Kier alpha value is -2.78. The average Bonchev–Trinajstić information content (AvgIpc) is 2.87. The second kappa shape index (κ2) is 12.5. The van der Waals surface area contributed by atoms with Crippen LogP contribution in [0, 0.1) is 11.7 Å². The molecule has 1 aliphatic rings. The minimum Gasteiger partial charge on any atom is -0.342 e. The van der Waals surface area contributed by atoms with E-state index in [0.29, 0.717) is 37.9 Å². The highest BCUT2D eigenvalue weighted by atomic mass is 32.2. The molecule has 36 heavy (non-hydrogen) atoms. The van der Waals surface area contributed by atoms with Crippen molar-refractivity contribution in [1.29, 1.82) is 0 Å². The molecule has 0 bridgehead atoms. The Morgan fingerprint density at radius 2 is 1.72 bits per heavy atom. The monoisotopic (exact) mass is 517 g/mol. The lowest BCUT2D eigenvalue weighted by atomic mass is 10.0. The maximum atomic E-state index is 13.9. The van der Waals surface area contributed by atoms with E-state index in [0.717, 1.165) is 0 Å². The molecule has 1 aliphatic heterocycles. The number of hydrogen-bond acceptors (Lipinski definition) is 4. The van der Waals surface area contributed by atoms with Crippen molar-refractivity contribution in [2.45, 2.75) is 57.5 Å². The largest absolute Gasteiger partial charge is 0.342 e. The number of rotatable bonds is 10. The second-order valence-corrected chi connectivity index (χ2v) is 11.5. The SMILES string of the molecule is CCCN(CC(=O)N(Cc1cccc(F)c1)C1CCN(C(=O)C(C)C)CC1)S(=O)(=O)c1ccccc1. The van der Waals surface area contributed by atoms with Gasteiger partial charge in [-0.05, 0) is 49.1 Å². The molecule has 1 heterocycles. The Labute approximate surface area is 213 Å². The maximum Gasteiger partial charge on any atom is 0.243 e. The number of piperidine rings is 1. The average molecular weight is 518 g/mol. The van der Waals surface area contributed by atoms with Crippen molar-refractivity contribution in [3.63, 3.8) is 0 Å². The number of nitrogens with zero attached hydrogens (tertiary/aromatic N) is 3. The first-order chi connectivity index (χ1) is 17.1. The highest BCUT2D eigenvalue weighted by Gasteiger charge is 2.33. The van der Waals surface area contributed by atoms with Crippen LogP contribution in [0.4, 0.5) is 4.39 Å². The quantitative estimate of drug-likeness (QED) is 0.479. The van der Waals surface area contributed by atoms with Gasteiger partial charge in [0.2, 0.25) is 21.8 Å². The molecule has 0 aliphatic carbocycles. The van der Waals surface area contributed by atoms with Crippen molar-refractivity contribution < 1.29 is 22.4 Å². The summed E-state index contributed by atoms with van der Waals surface area (Å²) < 4.78 is 41.7. The van der Waals surface area contributed by atoms with Gasteiger partial charge in [0.1, 0.15) is 5.82 Å². The summed E-state index contributed by atoms with van der Waals surface area (Å²) in [6.45, 7) is 6.72. The van der Waals surface area contributed by atoms with Gasteiger partial charge in [0.15, 0.2) is 0 Å². The van der Waals surface area contributed by atoms with Crippen LogP contribution >= 0.6 is 0 Å². The molecule has 9 heteroatoms. The van der Waals surface area contributed by atoms with Gasteiger partial charge in [-0.15, -0.1) is 0 Å². The molecule has 2 aromatic carbocycles. The van der Waals surface area contributed by atoms with Crippen molar-refractivity contribution in [1.82, 2.24) is 14.1 Å². The van der Waals surface area contributed by atoms with Crippen LogP contribution in [0.3, 0.4) is 0 Å². The summed E-state index contributed by atoms with van der Waals surface area (Å²) in [6.07, 6.45) is 1.72. The number of carbonyl (C=O) groups is 2. The molecule has 0 unspecified atom stereocenters. The standard InChI is InChI=1S/C27H36FN3O4S/c1-4-15-30(36(34,35)25-11-6-5-7-12-25)20-26(32)31(19-22-9-8-10-23(28)18-22)24-13-16-29(17-14-24)27(33)21(2)3/h5-12,18,21,24H,4,13-17,19-20H2,1-3H3. The Balaban J connectivity index is 1.83. The number of hydrogen-bond donors (Lipinski definition) is 0. The number of likely N-dealkylation sites (tertiary alicyclic amines) is 1. The van der Waals surface area contributed by atoms with Crippen LogP contribution in [-0.4, -0.2) is 66.6 Å².